The summed E-state index contributed by atoms with van der Waals surface area (Å²) in [5.41, 5.74) is 4.32. The first-order chi connectivity index (χ1) is 16.9. The van der Waals surface area contributed by atoms with Gasteiger partial charge in [0, 0.05) is 39.0 Å². The molecule has 2 heterocycles. The van der Waals surface area contributed by atoms with E-state index >= 15 is 0 Å². The standard InChI is InChI=1S/C29H36N4O2/c1-29(2,3)13-14-31-15-17-32(18-16-31)26-21-30-33(24-11-5-4-6-12-24)28(34)27(26)35-25-19-22-9-7-8-10-23(22)20-25/h4-12,21,25H,13-20H2,1-3H3. The summed E-state index contributed by atoms with van der Waals surface area (Å²) in [6.07, 6.45) is 4.60. The van der Waals surface area contributed by atoms with Crippen molar-refractivity contribution in [3.63, 3.8) is 0 Å². The lowest BCUT2D eigenvalue weighted by Crippen LogP contribution is -2.47. The molecule has 1 saturated heterocycles. The highest BCUT2D eigenvalue weighted by Gasteiger charge is 2.28. The Morgan fingerprint density at radius 3 is 2.17 bits per heavy atom. The van der Waals surface area contributed by atoms with Crippen LogP contribution in [0.25, 0.3) is 5.69 Å². The van der Waals surface area contributed by atoms with E-state index in [9.17, 15) is 4.79 Å². The van der Waals surface area contributed by atoms with Crippen LogP contribution in [0.4, 0.5) is 5.69 Å². The van der Waals surface area contributed by atoms with Gasteiger partial charge in [-0.25, -0.2) is 0 Å². The van der Waals surface area contributed by atoms with Crippen LogP contribution in [0.1, 0.15) is 38.3 Å². The van der Waals surface area contributed by atoms with Crippen LogP contribution in [0.2, 0.25) is 0 Å². The monoisotopic (exact) mass is 472 g/mol. The number of nitrogens with zero attached hydrogens (tertiary/aromatic N) is 4. The minimum absolute atomic E-state index is 0.0430. The van der Waals surface area contributed by atoms with Crippen LogP contribution in [0, 0.1) is 5.41 Å². The zero-order valence-corrected chi connectivity index (χ0v) is 21.1. The normalized spacial score (nSPS) is 16.9. The quantitative estimate of drug-likeness (QED) is 0.534. The Hall–Kier alpha value is -3.12. The van der Waals surface area contributed by atoms with Crippen LogP contribution >= 0.6 is 0 Å². The molecule has 2 aliphatic rings. The molecule has 3 aromatic rings. The van der Waals surface area contributed by atoms with Crippen molar-refractivity contribution in [2.45, 2.75) is 46.1 Å². The maximum Gasteiger partial charge on any atom is 0.316 e. The SMILES string of the molecule is CC(C)(C)CCN1CCN(c2cnn(-c3ccccc3)c(=O)c2OC2Cc3ccccc3C2)CC1. The lowest BCUT2D eigenvalue weighted by molar-refractivity contribution is 0.204. The summed E-state index contributed by atoms with van der Waals surface area (Å²) >= 11 is 0. The van der Waals surface area contributed by atoms with Crippen LogP contribution in [0.5, 0.6) is 5.75 Å². The van der Waals surface area contributed by atoms with Gasteiger partial charge in [0.25, 0.3) is 0 Å². The third-order valence-electron chi connectivity index (χ3n) is 7.10. The Labute approximate surface area is 208 Å². The van der Waals surface area contributed by atoms with Crippen molar-refractivity contribution in [3.05, 3.63) is 82.3 Å². The molecule has 1 aliphatic carbocycles. The number of fused-ring (bicyclic) bond motifs is 1. The number of para-hydroxylation sites is 1. The molecule has 0 saturated carbocycles. The van der Waals surface area contributed by atoms with Crippen LogP contribution in [-0.2, 0) is 12.8 Å². The molecule has 1 aliphatic heterocycles. The number of hydrogen-bond acceptors (Lipinski definition) is 5. The molecule has 1 fully saturated rings. The predicted octanol–water partition coefficient (Wildman–Crippen LogP) is 4.34. The molecule has 0 spiro atoms. The Morgan fingerprint density at radius 1 is 0.914 bits per heavy atom. The fraction of sp³-hybridized carbons (Fsp3) is 0.448. The maximum absolute atomic E-state index is 13.7. The van der Waals surface area contributed by atoms with Gasteiger partial charge < -0.3 is 9.64 Å². The Morgan fingerprint density at radius 2 is 1.54 bits per heavy atom. The summed E-state index contributed by atoms with van der Waals surface area (Å²) in [6, 6.07) is 18.0. The molecule has 1 aromatic heterocycles. The number of aromatic nitrogens is 2. The molecule has 184 valence electrons. The third kappa shape index (κ3) is 5.43. The van der Waals surface area contributed by atoms with E-state index in [0.717, 1.165) is 56.9 Å². The minimum atomic E-state index is -0.195. The lowest BCUT2D eigenvalue weighted by Gasteiger charge is -2.37. The topological polar surface area (TPSA) is 50.6 Å². The van der Waals surface area contributed by atoms with Gasteiger partial charge in [-0.1, -0.05) is 63.2 Å². The summed E-state index contributed by atoms with van der Waals surface area (Å²) in [5.74, 6) is 0.421. The first kappa shape index (κ1) is 23.6. The second kappa shape index (κ2) is 9.86. The highest BCUT2D eigenvalue weighted by atomic mass is 16.5. The fourth-order valence-electron chi connectivity index (χ4n) is 4.99. The van der Waals surface area contributed by atoms with Gasteiger partial charge in [0.05, 0.1) is 11.9 Å². The van der Waals surface area contributed by atoms with Crippen LogP contribution in [-0.4, -0.2) is 53.5 Å². The van der Waals surface area contributed by atoms with Crippen molar-refractivity contribution in [1.29, 1.82) is 0 Å². The highest BCUT2D eigenvalue weighted by Crippen LogP contribution is 2.30. The van der Waals surface area contributed by atoms with Crippen molar-refractivity contribution >= 4 is 5.69 Å². The third-order valence-corrected chi connectivity index (χ3v) is 7.10. The second-order valence-corrected chi connectivity index (χ2v) is 11.0. The predicted molar refractivity (Wildman–Crippen MR) is 141 cm³/mol. The van der Waals surface area contributed by atoms with Gasteiger partial charge in [-0.3, -0.25) is 9.69 Å². The van der Waals surface area contributed by atoms with E-state index in [4.69, 9.17) is 4.74 Å². The number of rotatable bonds is 6. The Bertz CT molecular complexity index is 1180. The molecule has 0 atom stereocenters. The van der Waals surface area contributed by atoms with E-state index in [0.29, 0.717) is 11.2 Å². The van der Waals surface area contributed by atoms with Crippen molar-refractivity contribution in [3.8, 4) is 11.4 Å². The second-order valence-electron chi connectivity index (χ2n) is 11.0. The first-order valence-electron chi connectivity index (χ1n) is 12.8. The average Bonchev–Trinajstić information content (AvgIpc) is 3.27. The molecular formula is C29H36N4O2. The van der Waals surface area contributed by atoms with Crippen LogP contribution < -0.4 is 15.2 Å². The smallest absolute Gasteiger partial charge is 0.316 e. The van der Waals surface area contributed by atoms with E-state index in [1.807, 2.05) is 36.5 Å². The summed E-state index contributed by atoms with van der Waals surface area (Å²) < 4.78 is 7.98. The number of piperazine rings is 1. The highest BCUT2D eigenvalue weighted by molar-refractivity contribution is 5.57. The fourth-order valence-corrected chi connectivity index (χ4v) is 4.99. The average molecular weight is 473 g/mol. The molecule has 35 heavy (non-hydrogen) atoms. The number of ether oxygens (including phenoxy) is 1. The summed E-state index contributed by atoms with van der Waals surface area (Å²) in [7, 11) is 0. The molecule has 6 heteroatoms. The van der Waals surface area contributed by atoms with E-state index in [1.54, 1.807) is 0 Å². The Balaban J connectivity index is 1.39. The number of hydrogen-bond donors (Lipinski definition) is 0. The Kier molecular flexibility index (Phi) is 6.65. The molecule has 5 rings (SSSR count). The van der Waals surface area contributed by atoms with Crippen molar-refractivity contribution < 1.29 is 4.74 Å². The zero-order valence-electron chi connectivity index (χ0n) is 21.1. The van der Waals surface area contributed by atoms with Crippen molar-refractivity contribution in [2.75, 3.05) is 37.6 Å². The molecule has 0 unspecified atom stereocenters. The number of anilines is 1. The molecular weight excluding hydrogens is 436 g/mol. The first-order valence-corrected chi connectivity index (χ1v) is 12.8. The molecule has 6 nitrogen and oxygen atoms in total. The molecule has 2 aromatic carbocycles. The molecule has 0 radical (unpaired) electrons. The van der Waals surface area contributed by atoms with E-state index < -0.39 is 0 Å². The van der Waals surface area contributed by atoms with Gasteiger partial charge >= 0.3 is 5.56 Å². The van der Waals surface area contributed by atoms with E-state index in [-0.39, 0.29) is 11.7 Å². The lowest BCUT2D eigenvalue weighted by atomic mass is 9.92. The van der Waals surface area contributed by atoms with Gasteiger partial charge in [-0.05, 0) is 41.6 Å². The van der Waals surface area contributed by atoms with Crippen molar-refractivity contribution in [1.82, 2.24) is 14.7 Å². The van der Waals surface area contributed by atoms with E-state index in [2.05, 4.69) is 59.9 Å². The summed E-state index contributed by atoms with van der Waals surface area (Å²) in [4.78, 5) is 18.5. The van der Waals surface area contributed by atoms with Crippen LogP contribution in [0.15, 0.2) is 65.6 Å². The van der Waals surface area contributed by atoms with Gasteiger partial charge in [0.15, 0.2) is 0 Å². The zero-order chi connectivity index (χ0) is 24.4. The molecule has 0 amide bonds. The van der Waals surface area contributed by atoms with Crippen LogP contribution in [0.3, 0.4) is 0 Å². The maximum atomic E-state index is 13.7. The largest absolute Gasteiger partial charge is 0.482 e. The minimum Gasteiger partial charge on any atom is -0.482 e. The van der Waals surface area contributed by atoms with Crippen molar-refractivity contribution in [2.24, 2.45) is 5.41 Å². The summed E-state index contributed by atoms with van der Waals surface area (Å²) in [6.45, 7) is 11.7. The molecule has 0 bridgehead atoms. The number of benzene rings is 2. The van der Waals surface area contributed by atoms with Gasteiger partial charge in [0.1, 0.15) is 11.8 Å². The van der Waals surface area contributed by atoms with E-state index in [1.165, 1.54) is 22.2 Å². The van der Waals surface area contributed by atoms with Gasteiger partial charge in [0.2, 0.25) is 5.75 Å². The summed E-state index contributed by atoms with van der Waals surface area (Å²) in [5, 5.41) is 4.55. The van der Waals surface area contributed by atoms with Gasteiger partial charge in [-0.15, -0.1) is 0 Å². The van der Waals surface area contributed by atoms with Gasteiger partial charge in [-0.2, -0.15) is 9.78 Å². The molecule has 0 N–H and O–H groups in total.